The topological polar surface area (TPSA) is 131 Å². The Kier molecular flexibility index (Phi) is 11.4. The summed E-state index contributed by atoms with van der Waals surface area (Å²) in [5.74, 6) is -1.35. The number of carboxylic acid groups (broad SMARTS) is 1. The van der Waals surface area contributed by atoms with E-state index in [1.54, 1.807) is 4.90 Å². The molecule has 0 aliphatic carbocycles. The van der Waals surface area contributed by atoms with Gasteiger partial charge in [0.15, 0.2) is 0 Å². The summed E-state index contributed by atoms with van der Waals surface area (Å²) >= 11 is 0. The second-order valence-corrected chi connectivity index (χ2v) is 6.55. The number of amides is 2. The second-order valence-electron chi connectivity index (χ2n) is 6.55. The lowest BCUT2D eigenvalue weighted by Gasteiger charge is -2.28. The van der Waals surface area contributed by atoms with Gasteiger partial charge in [-0.15, -0.1) is 0 Å². The van der Waals surface area contributed by atoms with Crippen molar-refractivity contribution in [2.24, 2.45) is 5.73 Å². The molecule has 0 radical (unpaired) electrons. The number of nitrogens with one attached hydrogen (secondary N) is 1. The Morgan fingerprint density at radius 2 is 1.86 bits per heavy atom. The SMILES string of the molecule is CCC[C@H](N)C(=O)OC.O=C(O)[C@H](Cc1ccccc1)NC(=O)N1CCOCC1. The van der Waals surface area contributed by atoms with E-state index < -0.39 is 18.1 Å². The van der Waals surface area contributed by atoms with Gasteiger partial charge in [0.25, 0.3) is 0 Å². The number of rotatable bonds is 7. The van der Waals surface area contributed by atoms with E-state index >= 15 is 0 Å². The molecule has 4 N–H and O–H groups in total. The lowest BCUT2D eigenvalue weighted by molar-refractivity contribution is -0.142. The van der Waals surface area contributed by atoms with Gasteiger partial charge in [-0.1, -0.05) is 43.7 Å². The number of esters is 1. The minimum atomic E-state index is -1.03. The smallest absolute Gasteiger partial charge is 0.326 e. The lowest BCUT2D eigenvalue weighted by Crippen LogP contribution is -2.51. The molecule has 2 rings (SSSR count). The third-order valence-electron chi connectivity index (χ3n) is 4.28. The first kappa shape index (κ1) is 24.4. The van der Waals surface area contributed by atoms with Crippen molar-refractivity contribution in [2.45, 2.75) is 38.3 Å². The van der Waals surface area contributed by atoms with Crippen molar-refractivity contribution in [3.05, 3.63) is 35.9 Å². The Morgan fingerprint density at radius 1 is 1.24 bits per heavy atom. The molecule has 9 heteroatoms. The average Bonchev–Trinajstić information content (AvgIpc) is 2.74. The number of hydrogen-bond donors (Lipinski definition) is 3. The molecule has 1 aromatic rings. The Balaban J connectivity index is 0.000000396. The minimum Gasteiger partial charge on any atom is -0.480 e. The first-order chi connectivity index (χ1) is 13.9. The van der Waals surface area contributed by atoms with Gasteiger partial charge in [-0.05, 0) is 12.0 Å². The summed E-state index contributed by atoms with van der Waals surface area (Å²) < 4.78 is 9.56. The molecule has 0 aromatic heterocycles. The highest BCUT2D eigenvalue weighted by molar-refractivity contribution is 5.82. The molecule has 1 fully saturated rings. The van der Waals surface area contributed by atoms with Crippen molar-refractivity contribution in [1.82, 2.24) is 10.2 Å². The number of carboxylic acids is 1. The number of urea groups is 1. The first-order valence-corrected chi connectivity index (χ1v) is 9.62. The van der Waals surface area contributed by atoms with Crippen molar-refractivity contribution >= 4 is 18.0 Å². The van der Waals surface area contributed by atoms with Gasteiger partial charge in [0.2, 0.25) is 0 Å². The zero-order valence-electron chi connectivity index (χ0n) is 17.0. The van der Waals surface area contributed by atoms with Gasteiger partial charge in [0.1, 0.15) is 12.1 Å². The molecule has 29 heavy (non-hydrogen) atoms. The van der Waals surface area contributed by atoms with Gasteiger partial charge in [-0.2, -0.15) is 0 Å². The van der Waals surface area contributed by atoms with Gasteiger partial charge in [0.05, 0.1) is 20.3 Å². The van der Waals surface area contributed by atoms with Gasteiger partial charge in [0, 0.05) is 19.5 Å². The van der Waals surface area contributed by atoms with Crippen LogP contribution in [0.2, 0.25) is 0 Å². The van der Waals surface area contributed by atoms with E-state index in [2.05, 4.69) is 10.1 Å². The standard InChI is InChI=1S/C14H18N2O4.C6H13NO2/c17-13(18)12(10-11-4-2-1-3-5-11)15-14(19)16-6-8-20-9-7-16;1-3-4-5(7)6(8)9-2/h1-5,12H,6-10H2,(H,15,19)(H,17,18);5H,3-4,7H2,1-2H3/t12-;5-/m00/s1. The van der Waals surface area contributed by atoms with Gasteiger partial charge >= 0.3 is 18.0 Å². The van der Waals surface area contributed by atoms with Crippen LogP contribution in [0.4, 0.5) is 4.79 Å². The average molecular weight is 409 g/mol. The fourth-order valence-corrected chi connectivity index (χ4v) is 2.64. The summed E-state index contributed by atoms with van der Waals surface area (Å²) in [7, 11) is 1.35. The number of carbonyl (C=O) groups is 3. The molecule has 0 bridgehead atoms. The van der Waals surface area contributed by atoms with Crippen molar-refractivity contribution < 1.29 is 29.0 Å². The number of aliphatic carboxylic acids is 1. The van der Waals surface area contributed by atoms with E-state index in [-0.39, 0.29) is 18.4 Å². The molecular formula is C20H31N3O6. The summed E-state index contributed by atoms with van der Waals surface area (Å²) in [6, 6.07) is 7.54. The molecule has 0 spiro atoms. The summed E-state index contributed by atoms with van der Waals surface area (Å²) in [6.07, 6.45) is 1.88. The predicted octanol–water partition coefficient (Wildman–Crippen LogP) is 1.01. The number of nitrogens with two attached hydrogens (primary N) is 1. The Morgan fingerprint density at radius 3 is 2.38 bits per heavy atom. The predicted molar refractivity (Wildman–Crippen MR) is 107 cm³/mol. The van der Waals surface area contributed by atoms with Crippen LogP contribution in [-0.2, 0) is 25.5 Å². The molecule has 1 aromatic carbocycles. The number of benzene rings is 1. The van der Waals surface area contributed by atoms with Crippen molar-refractivity contribution in [2.75, 3.05) is 33.4 Å². The molecule has 0 unspecified atom stereocenters. The maximum absolute atomic E-state index is 12.0. The largest absolute Gasteiger partial charge is 0.480 e. The number of morpholine rings is 1. The second kappa shape index (κ2) is 13.5. The van der Waals surface area contributed by atoms with Crippen LogP contribution < -0.4 is 11.1 Å². The van der Waals surface area contributed by atoms with Gasteiger partial charge < -0.3 is 30.5 Å². The summed E-state index contributed by atoms with van der Waals surface area (Å²) in [6.45, 7) is 3.93. The number of ether oxygens (including phenoxy) is 2. The van der Waals surface area contributed by atoms with Crippen molar-refractivity contribution in [1.29, 1.82) is 0 Å². The van der Waals surface area contributed by atoms with Crippen molar-refractivity contribution in [3.8, 4) is 0 Å². The van der Waals surface area contributed by atoms with E-state index in [4.69, 9.17) is 10.5 Å². The van der Waals surface area contributed by atoms with E-state index in [9.17, 15) is 19.5 Å². The van der Waals surface area contributed by atoms with Crippen LogP contribution in [0.1, 0.15) is 25.3 Å². The Hall–Kier alpha value is -2.65. The highest BCUT2D eigenvalue weighted by Crippen LogP contribution is 2.05. The van der Waals surface area contributed by atoms with Crippen LogP contribution in [0.25, 0.3) is 0 Å². The van der Waals surface area contributed by atoms with E-state index in [0.29, 0.717) is 32.7 Å². The zero-order valence-corrected chi connectivity index (χ0v) is 17.0. The van der Waals surface area contributed by atoms with Crippen LogP contribution in [0.15, 0.2) is 30.3 Å². The fourth-order valence-electron chi connectivity index (χ4n) is 2.64. The summed E-state index contributed by atoms with van der Waals surface area (Å²) in [4.78, 5) is 35.4. The van der Waals surface area contributed by atoms with E-state index in [1.807, 2.05) is 37.3 Å². The van der Waals surface area contributed by atoms with Crippen LogP contribution in [0.3, 0.4) is 0 Å². The van der Waals surface area contributed by atoms with Crippen LogP contribution in [-0.4, -0.2) is 73.5 Å². The third-order valence-corrected chi connectivity index (χ3v) is 4.28. The molecule has 9 nitrogen and oxygen atoms in total. The molecule has 0 saturated carbocycles. The van der Waals surface area contributed by atoms with Gasteiger partial charge in [-0.3, -0.25) is 4.79 Å². The number of hydrogen-bond acceptors (Lipinski definition) is 6. The number of carbonyl (C=O) groups excluding carboxylic acids is 2. The molecule has 2 atom stereocenters. The monoisotopic (exact) mass is 409 g/mol. The summed E-state index contributed by atoms with van der Waals surface area (Å²) in [5.41, 5.74) is 6.24. The summed E-state index contributed by atoms with van der Waals surface area (Å²) in [5, 5.41) is 11.8. The number of methoxy groups -OCH3 is 1. The van der Waals surface area contributed by atoms with Crippen LogP contribution in [0.5, 0.6) is 0 Å². The Bertz CT molecular complexity index is 634. The minimum absolute atomic E-state index is 0.270. The van der Waals surface area contributed by atoms with E-state index in [0.717, 1.165) is 12.0 Å². The normalized spacial score (nSPS) is 15.3. The fraction of sp³-hybridized carbons (Fsp3) is 0.550. The van der Waals surface area contributed by atoms with Gasteiger partial charge in [-0.25, -0.2) is 9.59 Å². The number of nitrogens with zero attached hydrogens (tertiary/aromatic N) is 1. The third kappa shape index (κ3) is 9.40. The molecule has 1 aliphatic rings. The Labute approximate surface area is 171 Å². The molecule has 1 aliphatic heterocycles. The first-order valence-electron chi connectivity index (χ1n) is 9.62. The highest BCUT2D eigenvalue weighted by atomic mass is 16.5. The van der Waals surface area contributed by atoms with E-state index in [1.165, 1.54) is 7.11 Å². The zero-order chi connectivity index (χ0) is 21.6. The maximum Gasteiger partial charge on any atom is 0.326 e. The quantitative estimate of drug-likeness (QED) is 0.573. The molecule has 1 saturated heterocycles. The van der Waals surface area contributed by atoms with Crippen LogP contribution >= 0.6 is 0 Å². The maximum atomic E-state index is 12.0. The molecule has 1 heterocycles. The molecule has 162 valence electrons. The molecular weight excluding hydrogens is 378 g/mol. The lowest BCUT2D eigenvalue weighted by atomic mass is 10.1. The highest BCUT2D eigenvalue weighted by Gasteiger charge is 2.24. The van der Waals surface area contributed by atoms with Crippen LogP contribution in [0, 0.1) is 0 Å². The molecule has 2 amide bonds. The van der Waals surface area contributed by atoms with Crippen molar-refractivity contribution in [3.63, 3.8) is 0 Å².